The van der Waals surface area contributed by atoms with Crippen LogP contribution in [0.3, 0.4) is 0 Å². The van der Waals surface area contributed by atoms with E-state index < -0.39 is 0 Å². The monoisotopic (exact) mass is 407 g/mol. The molecule has 0 saturated heterocycles. The van der Waals surface area contributed by atoms with Gasteiger partial charge in [0.2, 0.25) is 0 Å². The average Bonchev–Trinajstić information content (AvgIpc) is 3.13. The van der Waals surface area contributed by atoms with Crippen molar-refractivity contribution in [1.29, 1.82) is 0 Å². The third-order valence-electron chi connectivity index (χ3n) is 7.61. The van der Waals surface area contributed by atoms with Crippen LogP contribution in [-0.2, 0) is 11.3 Å². The third kappa shape index (κ3) is 3.60. The molecule has 2 unspecified atom stereocenters. The number of furan rings is 1. The van der Waals surface area contributed by atoms with Gasteiger partial charge < -0.3 is 14.5 Å². The number of ether oxygens (including phenoxy) is 1. The number of hydrogen-bond acceptors (Lipinski definition) is 4. The highest BCUT2D eigenvalue weighted by molar-refractivity contribution is 5.89. The summed E-state index contributed by atoms with van der Waals surface area (Å²) in [4.78, 5) is 11.8. The van der Waals surface area contributed by atoms with Crippen molar-refractivity contribution in [2.45, 2.75) is 71.4 Å². The minimum atomic E-state index is -0.286. The minimum Gasteiger partial charge on any atom is -0.462 e. The molecule has 0 amide bonds. The van der Waals surface area contributed by atoms with Gasteiger partial charge in [0.25, 0.3) is 0 Å². The molecular formula is C26H33NO3. The van der Waals surface area contributed by atoms with E-state index >= 15 is 0 Å². The van der Waals surface area contributed by atoms with Crippen LogP contribution in [0.15, 0.2) is 40.8 Å². The molecule has 0 aliphatic heterocycles. The van der Waals surface area contributed by atoms with Crippen LogP contribution in [-0.4, -0.2) is 18.1 Å². The van der Waals surface area contributed by atoms with Crippen LogP contribution in [0.1, 0.15) is 75.4 Å². The molecule has 4 saturated carbocycles. The Morgan fingerprint density at radius 3 is 2.37 bits per heavy atom. The molecule has 4 fully saturated rings. The van der Waals surface area contributed by atoms with Crippen molar-refractivity contribution in [1.82, 2.24) is 5.32 Å². The lowest BCUT2D eigenvalue weighted by molar-refractivity contribution is -0.118. The lowest BCUT2D eigenvalue weighted by atomic mass is 9.43. The fourth-order valence-electron chi connectivity index (χ4n) is 7.53. The summed E-state index contributed by atoms with van der Waals surface area (Å²) in [6, 6.07) is 11.5. The number of carbonyl (C=O) groups is 1. The highest BCUT2D eigenvalue weighted by Gasteiger charge is 2.59. The lowest BCUT2D eigenvalue weighted by Crippen LogP contribution is -2.63. The highest BCUT2D eigenvalue weighted by Crippen LogP contribution is 2.66. The van der Waals surface area contributed by atoms with Gasteiger partial charge in [-0.2, -0.15) is 0 Å². The van der Waals surface area contributed by atoms with Gasteiger partial charge in [-0.1, -0.05) is 26.0 Å². The van der Waals surface area contributed by atoms with Crippen LogP contribution in [0.25, 0.3) is 11.3 Å². The van der Waals surface area contributed by atoms with Gasteiger partial charge in [-0.25, -0.2) is 4.79 Å². The van der Waals surface area contributed by atoms with Crippen LogP contribution in [0.2, 0.25) is 0 Å². The maximum absolute atomic E-state index is 11.8. The first-order chi connectivity index (χ1) is 14.3. The van der Waals surface area contributed by atoms with E-state index in [9.17, 15) is 4.79 Å². The van der Waals surface area contributed by atoms with E-state index in [1.165, 1.54) is 38.5 Å². The van der Waals surface area contributed by atoms with E-state index in [1.807, 2.05) is 25.1 Å². The van der Waals surface area contributed by atoms with Gasteiger partial charge in [-0.3, -0.25) is 0 Å². The molecule has 0 spiro atoms. The Kier molecular flexibility index (Phi) is 4.62. The van der Waals surface area contributed by atoms with Crippen LogP contribution >= 0.6 is 0 Å². The second kappa shape index (κ2) is 6.98. The first-order valence-corrected chi connectivity index (χ1v) is 11.4. The normalized spacial score (nSPS) is 34.3. The SMILES string of the molecule is CCOC(=O)c1ccc(-c2ccc(CNC34CC5C[C@@](C)(C3)C[C@](C)(C5)C4)o2)cc1. The summed E-state index contributed by atoms with van der Waals surface area (Å²) >= 11 is 0. The molecule has 4 aliphatic carbocycles. The van der Waals surface area contributed by atoms with Gasteiger partial charge in [0.15, 0.2) is 0 Å². The molecule has 4 heteroatoms. The number of esters is 1. The first kappa shape index (κ1) is 19.9. The van der Waals surface area contributed by atoms with E-state index in [2.05, 4.69) is 25.2 Å². The fourth-order valence-corrected chi connectivity index (χ4v) is 7.53. The molecule has 160 valence electrons. The fraction of sp³-hybridized carbons (Fsp3) is 0.577. The molecule has 4 nitrogen and oxygen atoms in total. The first-order valence-electron chi connectivity index (χ1n) is 11.4. The molecule has 1 aromatic carbocycles. The van der Waals surface area contributed by atoms with E-state index in [0.717, 1.165) is 29.5 Å². The Morgan fingerprint density at radius 1 is 1.03 bits per heavy atom. The van der Waals surface area contributed by atoms with Crippen molar-refractivity contribution in [3.63, 3.8) is 0 Å². The zero-order valence-corrected chi connectivity index (χ0v) is 18.4. The van der Waals surface area contributed by atoms with Crippen molar-refractivity contribution in [3.8, 4) is 11.3 Å². The van der Waals surface area contributed by atoms with Crippen molar-refractivity contribution in [3.05, 3.63) is 47.7 Å². The van der Waals surface area contributed by atoms with Gasteiger partial charge in [0.05, 0.1) is 18.7 Å². The standard InChI is InChI=1S/C26H33NO3/c1-4-29-23(28)20-7-5-19(6-8-20)22-10-9-21(30-22)14-27-26-13-18-11-24(2,16-26)15-25(3,12-18)17-26/h5-10,18,27H,4,11-17H2,1-3H3/t18?,24-,25+,26?. The Morgan fingerprint density at radius 2 is 1.73 bits per heavy atom. The van der Waals surface area contributed by atoms with E-state index in [0.29, 0.717) is 23.0 Å². The number of nitrogens with one attached hydrogen (secondary N) is 1. The molecule has 0 radical (unpaired) electrons. The Hall–Kier alpha value is -2.07. The second-order valence-electron chi connectivity index (χ2n) is 10.8. The van der Waals surface area contributed by atoms with E-state index in [-0.39, 0.29) is 11.5 Å². The van der Waals surface area contributed by atoms with Crippen LogP contribution in [0.4, 0.5) is 0 Å². The van der Waals surface area contributed by atoms with Crippen LogP contribution < -0.4 is 5.32 Å². The molecule has 2 aromatic rings. The Balaban J connectivity index is 1.26. The van der Waals surface area contributed by atoms with Crippen molar-refractivity contribution in [2.24, 2.45) is 16.7 Å². The molecule has 6 rings (SSSR count). The Bertz CT molecular complexity index is 925. The summed E-state index contributed by atoms with van der Waals surface area (Å²) in [6.07, 6.45) is 8.15. The maximum atomic E-state index is 11.8. The van der Waals surface area contributed by atoms with Crippen LogP contribution in [0.5, 0.6) is 0 Å². The van der Waals surface area contributed by atoms with Gasteiger partial charge in [-0.05, 0) is 86.5 Å². The smallest absolute Gasteiger partial charge is 0.338 e. The number of hydrogen-bond donors (Lipinski definition) is 1. The predicted octanol–water partition coefficient (Wildman–Crippen LogP) is 5.96. The number of benzene rings is 1. The van der Waals surface area contributed by atoms with Gasteiger partial charge in [0.1, 0.15) is 11.5 Å². The van der Waals surface area contributed by atoms with Crippen LogP contribution in [0, 0.1) is 16.7 Å². The van der Waals surface area contributed by atoms with E-state index in [4.69, 9.17) is 9.15 Å². The quantitative estimate of drug-likeness (QED) is 0.600. The Labute approximate surface area is 179 Å². The molecule has 1 aromatic heterocycles. The summed E-state index contributed by atoms with van der Waals surface area (Å²) < 4.78 is 11.2. The topological polar surface area (TPSA) is 51.5 Å². The minimum absolute atomic E-state index is 0.275. The van der Waals surface area contributed by atoms with E-state index in [1.54, 1.807) is 12.1 Å². The maximum Gasteiger partial charge on any atom is 0.338 e. The van der Waals surface area contributed by atoms with Crippen molar-refractivity contribution in [2.75, 3.05) is 6.61 Å². The third-order valence-corrected chi connectivity index (χ3v) is 7.61. The zero-order chi connectivity index (χ0) is 21.0. The number of rotatable bonds is 6. The van der Waals surface area contributed by atoms with Gasteiger partial charge in [-0.15, -0.1) is 0 Å². The summed E-state index contributed by atoms with van der Waals surface area (Å²) in [5.74, 6) is 2.41. The molecule has 30 heavy (non-hydrogen) atoms. The summed E-state index contributed by atoms with van der Waals surface area (Å²) in [5, 5.41) is 3.94. The van der Waals surface area contributed by atoms with Crippen molar-refractivity contribution < 1.29 is 13.9 Å². The van der Waals surface area contributed by atoms with Gasteiger partial charge in [0, 0.05) is 11.1 Å². The molecule has 4 atom stereocenters. The van der Waals surface area contributed by atoms with Crippen molar-refractivity contribution >= 4 is 5.97 Å². The molecule has 1 heterocycles. The summed E-state index contributed by atoms with van der Waals surface area (Å²) in [6.45, 7) is 8.00. The largest absolute Gasteiger partial charge is 0.462 e. The predicted molar refractivity (Wildman–Crippen MR) is 117 cm³/mol. The summed E-state index contributed by atoms with van der Waals surface area (Å²) in [5.41, 5.74) is 2.84. The molecule has 4 bridgehead atoms. The highest BCUT2D eigenvalue weighted by atomic mass is 16.5. The van der Waals surface area contributed by atoms with Gasteiger partial charge >= 0.3 is 5.97 Å². The second-order valence-corrected chi connectivity index (χ2v) is 10.8. The average molecular weight is 408 g/mol. The zero-order valence-electron chi connectivity index (χ0n) is 18.4. The molecule has 1 N–H and O–H groups in total. The summed E-state index contributed by atoms with van der Waals surface area (Å²) in [7, 11) is 0. The molecule has 4 aliphatic rings. The number of carbonyl (C=O) groups excluding carboxylic acids is 1. The molecular weight excluding hydrogens is 374 g/mol. The lowest BCUT2D eigenvalue weighted by Gasteiger charge is -2.65.